The molecule has 1 aromatic carbocycles. The van der Waals surface area contributed by atoms with E-state index in [1.54, 1.807) is 37.3 Å². The van der Waals surface area contributed by atoms with Crippen LogP contribution in [-0.4, -0.2) is 17.9 Å². The van der Waals surface area contributed by atoms with Gasteiger partial charge in [0, 0.05) is 23.7 Å². The molecule has 6 heteroatoms. The van der Waals surface area contributed by atoms with Gasteiger partial charge in [0.2, 0.25) is 0 Å². The van der Waals surface area contributed by atoms with Gasteiger partial charge in [0.25, 0.3) is 11.8 Å². The first-order chi connectivity index (χ1) is 13.2. The summed E-state index contributed by atoms with van der Waals surface area (Å²) in [7, 11) is 0. The lowest BCUT2D eigenvalue weighted by molar-refractivity contribution is 0.0942. The monoisotopic (exact) mass is 384 g/mol. The second kappa shape index (κ2) is 9.35. The van der Waals surface area contributed by atoms with Gasteiger partial charge in [-0.3, -0.25) is 9.59 Å². The number of carbonyl (C=O) groups is 2. The summed E-state index contributed by atoms with van der Waals surface area (Å²) in [6, 6.07) is 8.29. The van der Waals surface area contributed by atoms with Crippen molar-refractivity contribution in [1.82, 2.24) is 5.32 Å². The Morgan fingerprint density at radius 2 is 1.68 bits per heavy atom. The molecule has 0 aliphatic carbocycles. The summed E-state index contributed by atoms with van der Waals surface area (Å²) < 4.78 is 5.32. The Kier molecular flexibility index (Phi) is 7.15. The predicted octanol–water partition coefficient (Wildman–Crippen LogP) is 3.93. The molecule has 150 valence electrons. The largest absolute Gasteiger partial charge is 0.427 e. The zero-order valence-electron chi connectivity index (χ0n) is 17.1. The standard InChI is InChI=1S/C22H28N2O4/c1-13(2)6-11-18-12-15(5)19(22(27)28-18)21(26)24-17-9-7-16(8-10-17)20(25)23-14(3)4/h7-10,12-14H,6,11H2,1-5H3,(H,23,25)(H,24,26). The van der Waals surface area contributed by atoms with Gasteiger partial charge in [-0.15, -0.1) is 0 Å². The van der Waals surface area contributed by atoms with Crippen molar-refractivity contribution >= 4 is 17.5 Å². The summed E-state index contributed by atoms with van der Waals surface area (Å²) in [5, 5.41) is 5.49. The van der Waals surface area contributed by atoms with E-state index in [9.17, 15) is 14.4 Å². The number of anilines is 1. The van der Waals surface area contributed by atoms with E-state index in [1.165, 1.54) is 0 Å². The number of hydrogen-bond acceptors (Lipinski definition) is 4. The van der Waals surface area contributed by atoms with Crippen LogP contribution >= 0.6 is 0 Å². The third-order valence-electron chi connectivity index (χ3n) is 4.22. The molecule has 0 saturated heterocycles. The Morgan fingerprint density at radius 1 is 1.04 bits per heavy atom. The van der Waals surface area contributed by atoms with Crippen LogP contribution in [0.1, 0.15) is 66.2 Å². The highest BCUT2D eigenvalue weighted by atomic mass is 16.4. The van der Waals surface area contributed by atoms with E-state index >= 15 is 0 Å². The molecule has 6 nitrogen and oxygen atoms in total. The zero-order valence-corrected chi connectivity index (χ0v) is 17.1. The maximum Gasteiger partial charge on any atom is 0.349 e. The van der Waals surface area contributed by atoms with Crippen LogP contribution in [0.15, 0.2) is 39.5 Å². The Bertz CT molecular complexity index is 896. The highest BCUT2D eigenvalue weighted by Crippen LogP contribution is 2.15. The van der Waals surface area contributed by atoms with Gasteiger partial charge in [-0.05, 0) is 69.0 Å². The average Bonchev–Trinajstić information content (AvgIpc) is 2.59. The molecule has 0 radical (unpaired) electrons. The van der Waals surface area contributed by atoms with Gasteiger partial charge < -0.3 is 15.1 Å². The van der Waals surface area contributed by atoms with E-state index in [1.807, 2.05) is 13.8 Å². The summed E-state index contributed by atoms with van der Waals surface area (Å²) in [5.41, 5.74) is 0.935. The number of benzene rings is 1. The van der Waals surface area contributed by atoms with Crippen LogP contribution in [-0.2, 0) is 6.42 Å². The zero-order chi connectivity index (χ0) is 20.8. The molecule has 0 saturated carbocycles. The normalized spacial score (nSPS) is 11.0. The van der Waals surface area contributed by atoms with Gasteiger partial charge in [-0.2, -0.15) is 0 Å². The van der Waals surface area contributed by atoms with Gasteiger partial charge in [-0.25, -0.2) is 4.79 Å². The van der Waals surface area contributed by atoms with Crippen LogP contribution in [0.4, 0.5) is 5.69 Å². The molecule has 0 aliphatic rings. The first kappa shape index (κ1) is 21.4. The Balaban J connectivity index is 2.12. The molecule has 2 aromatic rings. The van der Waals surface area contributed by atoms with Crippen LogP contribution in [0.25, 0.3) is 0 Å². The number of hydrogen-bond donors (Lipinski definition) is 2. The van der Waals surface area contributed by atoms with Crippen LogP contribution in [0, 0.1) is 12.8 Å². The third-order valence-corrected chi connectivity index (χ3v) is 4.22. The molecule has 2 rings (SSSR count). The Labute approximate surface area is 165 Å². The smallest absolute Gasteiger partial charge is 0.349 e. The molecule has 0 aliphatic heterocycles. The molecule has 0 atom stereocenters. The van der Waals surface area contributed by atoms with Crippen molar-refractivity contribution in [3.8, 4) is 0 Å². The first-order valence-corrected chi connectivity index (χ1v) is 9.53. The maximum atomic E-state index is 12.5. The molecule has 0 spiro atoms. The molecule has 1 aromatic heterocycles. The van der Waals surface area contributed by atoms with E-state index in [0.29, 0.717) is 34.9 Å². The SMILES string of the molecule is Cc1cc(CCC(C)C)oc(=O)c1C(=O)Nc1ccc(C(=O)NC(C)C)cc1. The van der Waals surface area contributed by atoms with Crippen LogP contribution in [0.5, 0.6) is 0 Å². The van der Waals surface area contributed by atoms with Crippen LogP contribution in [0.3, 0.4) is 0 Å². The van der Waals surface area contributed by atoms with E-state index in [2.05, 4.69) is 24.5 Å². The van der Waals surface area contributed by atoms with E-state index < -0.39 is 11.5 Å². The van der Waals surface area contributed by atoms with E-state index in [-0.39, 0.29) is 17.5 Å². The van der Waals surface area contributed by atoms with Crippen molar-refractivity contribution in [2.24, 2.45) is 5.92 Å². The predicted molar refractivity (Wildman–Crippen MR) is 110 cm³/mol. The van der Waals surface area contributed by atoms with Crippen molar-refractivity contribution in [1.29, 1.82) is 0 Å². The van der Waals surface area contributed by atoms with Crippen molar-refractivity contribution < 1.29 is 14.0 Å². The summed E-state index contributed by atoms with van der Waals surface area (Å²) in [4.78, 5) is 36.8. The summed E-state index contributed by atoms with van der Waals surface area (Å²) in [6.45, 7) is 9.70. The fourth-order valence-electron chi connectivity index (χ4n) is 2.74. The molecular formula is C22H28N2O4. The minimum atomic E-state index is -0.635. The number of aryl methyl sites for hydroxylation is 2. The molecule has 28 heavy (non-hydrogen) atoms. The maximum absolute atomic E-state index is 12.5. The molecule has 0 bridgehead atoms. The lowest BCUT2D eigenvalue weighted by Crippen LogP contribution is -2.30. The molecule has 0 unspecified atom stereocenters. The van der Waals surface area contributed by atoms with E-state index in [0.717, 1.165) is 6.42 Å². The highest BCUT2D eigenvalue weighted by molar-refractivity contribution is 6.05. The number of carbonyl (C=O) groups excluding carboxylic acids is 2. The highest BCUT2D eigenvalue weighted by Gasteiger charge is 2.17. The minimum absolute atomic E-state index is 0.00470. The summed E-state index contributed by atoms with van der Waals surface area (Å²) >= 11 is 0. The third kappa shape index (κ3) is 5.81. The Morgan fingerprint density at radius 3 is 2.21 bits per heavy atom. The van der Waals surface area contributed by atoms with E-state index in [4.69, 9.17) is 4.42 Å². The molecule has 2 N–H and O–H groups in total. The molecular weight excluding hydrogens is 356 g/mol. The van der Waals surface area contributed by atoms with Gasteiger partial charge >= 0.3 is 5.63 Å². The molecule has 1 heterocycles. The van der Waals surface area contributed by atoms with Gasteiger partial charge in [0.05, 0.1) is 0 Å². The fraction of sp³-hybridized carbons (Fsp3) is 0.409. The van der Waals surface area contributed by atoms with Gasteiger partial charge in [-0.1, -0.05) is 13.8 Å². The van der Waals surface area contributed by atoms with Crippen molar-refractivity contribution in [3.63, 3.8) is 0 Å². The number of nitrogens with one attached hydrogen (secondary N) is 2. The minimum Gasteiger partial charge on any atom is -0.427 e. The second-order valence-corrected chi connectivity index (χ2v) is 7.65. The topological polar surface area (TPSA) is 88.4 Å². The Hall–Kier alpha value is -2.89. The quantitative estimate of drug-likeness (QED) is 0.757. The lowest BCUT2D eigenvalue weighted by atomic mass is 10.0. The number of rotatable bonds is 7. The summed E-state index contributed by atoms with van der Waals surface area (Å²) in [6.07, 6.45) is 1.57. The summed E-state index contributed by atoms with van der Waals surface area (Å²) in [5.74, 6) is 0.384. The fourth-order valence-corrected chi connectivity index (χ4v) is 2.74. The molecule has 0 fully saturated rings. The van der Waals surface area contributed by atoms with Crippen LogP contribution < -0.4 is 16.3 Å². The van der Waals surface area contributed by atoms with Crippen molar-refractivity contribution in [2.45, 2.75) is 53.5 Å². The second-order valence-electron chi connectivity index (χ2n) is 7.65. The van der Waals surface area contributed by atoms with Crippen LogP contribution in [0.2, 0.25) is 0 Å². The first-order valence-electron chi connectivity index (χ1n) is 9.53. The van der Waals surface area contributed by atoms with Gasteiger partial charge in [0.15, 0.2) is 0 Å². The van der Waals surface area contributed by atoms with Gasteiger partial charge in [0.1, 0.15) is 11.3 Å². The number of amides is 2. The van der Waals surface area contributed by atoms with Crippen molar-refractivity contribution in [3.05, 3.63) is 63.2 Å². The lowest BCUT2D eigenvalue weighted by Gasteiger charge is -2.10. The molecule has 2 amide bonds. The average molecular weight is 384 g/mol. The van der Waals surface area contributed by atoms with Crippen molar-refractivity contribution in [2.75, 3.05) is 5.32 Å².